The van der Waals surface area contributed by atoms with Crippen LogP contribution in [-0.4, -0.2) is 50.3 Å². The Kier molecular flexibility index (Phi) is 5.18. The van der Waals surface area contributed by atoms with Gasteiger partial charge < -0.3 is 20.7 Å². The summed E-state index contributed by atoms with van der Waals surface area (Å²) in [7, 11) is 0. The maximum Gasteiger partial charge on any atom is 0.238 e. The predicted molar refractivity (Wildman–Crippen MR) is 63.4 cm³/mol. The van der Waals surface area contributed by atoms with Crippen molar-refractivity contribution in [2.24, 2.45) is 0 Å². The van der Waals surface area contributed by atoms with Crippen LogP contribution in [-0.2, 0) is 9.53 Å². The lowest BCUT2D eigenvalue weighted by Crippen LogP contribution is -2.57. The molecule has 0 aliphatic carbocycles. The minimum atomic E-state index is -0.299. The fourth-order valence-electron chi connectivity index (χ4n) is 1.70. The van der Waals surface area contributed by atoms with Crippen LogP contribution in [0.15, 0.2) is 0 Å². The Morgan fingerprint density at radius 1 is 1.50 bits per heavy atom. The van der Waals surface area contributed by atoms with Crippen molar-refractivity contribution in [1.82, 2.24) is 16.0 Å². The molecule has 1 aliphatic heterocycles. The van der Waals surface area contributed by atoms with Gasteiger partial charge in [0.2, 0.25) is 5.91 Å². The lowest BCUT2D eigenvalue weighted by molar-refractivity contribution is -0.124. The summed E-state index contributed by atoms with van der Waals surface area (Å²) in [5, 5.41) is 9.27. The molecule has 1 aliphatic rings. The summed E-state index contributed by atoms with van der Waals surface area (Å²) in [6, 6.07) is -0.119. The van der Waals surface area contributed by atoms with E-state index >= 15 is 0 Å². The first-order valence-corrected chi connectivity index (χ1v) is 5.91. The number of ether oxygens (including phenoxy) is 1. The lowest BCUT2D eigenvalue weighted by atomic mass is 10.1. The predicted octanol–water partition coefficient (Wildman–Crippen LogP) is -0.521. The van der Waals surface area contributed by atoms with Crippen LogP contribution in [0.1, 0.15) is 20.8 Å². The number of hydrogen-bond acceptors (Lipinski definition) is 4. The quantitative estimate of drug-likeness (QED) is 0.593. The van der Waals surface area contributed by atoms with Crippen molar-refractivity contribution >= 4 is 5.91 Å². The topological polar surface area (TPSA) is 62.4 Å². The van der Waals surface area contributed by atoms with Crippen molar-refractivity contribution in [3.63, 3.8) is 0 Å². The molecule has 0 spiro atoms. The molecular formula is C11H23N3O2. The van der Waals surface area contributed by atoms with E-state index in [9.17, 15) is 4.79 Å². The van der Waals surface area contributed by atoms with Gasteiger partial charge in [-0.3, -0.25) is 4.79 Å². The molecule has 1 heterocycles. The molecule has 1 atom stereocenters. The van der Waals surface area contributed by atoms with Crippen LogP contribution in [0.25, 0.3) is 0 Å². The summed E-state index contributed by atoms with van der Waals surface area (Å²) in [5.41, 5.74) is -0.299. The van der Waals surface area contributed by atoms with E-state index in [-0.39, 0.29) is 17.6 Å². The van der Waals surface area contributed by atoms with Crippen molar-refractivity contribution < 1.29 is 9.53 Å². The highest BCUT2D eigenvalue weighted by Gasteiger charge is 2.23. The van der Waals surface area contributed by atoms with E-state index in [1.54, 1.807) is 0 Å². The summed E-state index contributed by atoms with van der Waals surface area (Å²) in [6.45, 7) is 9.56. The van der Waals surface area contributed by atoms with Crippen molar-refractivity contribution in [3.05, 3.63) is 0 Å². The Labute approximate surface area is 97.3 Å². The van der Waals surface area contributed by atoms with Crippen molar-refractivity contribution in [2.45, 2.75) is 32.4 Å². The number of carbonyl (C=O) groups is 1. The largest absolute Gasteiger partial charge is 0.374 e. The molecule has 0 radical (unpaired) electrons. The van der Waals surface area contributed by atoms with E-state index in [1.165, 1.54) is 0 Å². The maximum atomic E-state index is 11.8. The second kappa shape index (κ2) is 6.18. The van der Waals surface area contributed by atoms with Gasteiger partial charge in [0.15, 0.2) is 0 Å². The molecule has 1 amide bonds. The normalized spacial score (nSPS) is 21.8. The van der Waals surface area contributed by atoms with Gasteiger partial charge in [-0.15, -0.1) is 0 Å². The van der Waals surface area contributed by atoms with Crippen molar-refractivity contribution in [2.75, 3.05) is 32.8 Å². The van der Waals surface area contributed by atoms with Gasteiger partial charge in [0.25, 0.3) is 0 Å². The Bertz CT molecular complexity index is 225. The molecule has 5 heteroatoms. The number of hydrogen-bond donors (Lipinski definition) is 3. The molecule has 0 aromatic heterocycles. The zero-order valence-electron chi connectivity index (χ0n) is 10.4. The van der Waals surface area contributed by atoms with Gasteiger partial charge in [0.1, 0.15) is 0 Å². The monoisotopic (exact) mass is 229 g/mol. The molecule has 16 heavy (non-hydrogen) atoms. The second-order valence-electron chi connectivity index (χ2n) is 4.62. The van der Waals surface area contributed by atoms with Gasteiger partial charge in [-0.05, 0) is 20.8 Å². The summed E-state index contributed by atoms with van der Waals surface area (Å²) in [5.74, 6) is 0.0416. The van der Waals surface area contributed by atoms with Gasteiger partial charge in [-0.2, -0.15) is 0 Å². The average Bonchev–Trinajstić information content (AvgIpc) is 2.27. The first-order valence-electron chi connectivity index (χ1n) is 5.91. The Morgan fingerprint density at radius 2 is 2.25 bits per heavy atom. The first kappa shape index (κ1) is 13.4. The average molecular weight is 229 g/mol. The third-order valence-electron chi connectivity index (χ3n) is 2.58. The van der Waals surface area contributed by atoms with Gasteiger partial charge in [-0.25, -0.2) is 0 Å². The molecule has 0 saturated carbocycles. The van der Waals surface area contributed by atoms with E-state index in [1.807, 2.05) is 20.8 Å². The molecule has 0 aromatic carbocycles. The number of amides is 1. The van der Waals surface area contributed by atoms with E-state index < -0.39 is 0 Å². The van der Waals surface area contributed by atoms with Crippen LogP contribution in [0.4, 0.5) is 0 Å². The van der Waals surface area contributed by atoms with Gasteiger partial charge >= 0.3 is 0 Å². The van der Waals surface area contributed by atoms with Crippen LogP contribution >= 0.6 is 0 Å². The Balaban J connectivity index is 2.28. The number of rotatable bonds is 5. The highest BCUT2D eigenvalue weighted by molar-refractivity contribution is 5.82. The standard InChI is InChI=1S/C11H23N3O2/c1-4-16-11(2,3)8-14-10(15)9-7-12-5-6-13-9/h9,12-13H,4-8H2,1-3H3,(H,14,15). The zero-order chi connectivity index (χ0) is 12.0. The minimum absolute atomic E-state index is 0.0416. The SMILES string of the molecule is CCOC(C)(C)CNC(=O)C1CNCCN1. The minimum Gasteiger partial charge on any atom is -0.374 e. The van der Waals surface area contributed by atoms with Crippen LogP contribution in [0.5, 0.6) is 0 Å². The summed E-state index contributed by atoms with van der Waals surface area (Å²) < 4.78 is 5.52. The Hall–Kier alpha value is -0.650. The van der Waals surface area contributed by atoms with Gasteiger partial charge in [0, 0.05) is 32.8 Å². The van der Waals surface area contributed by atoms with E-state index in [4.69, 9.17) is 4.74 Å². The van der Waals surface area contributed by atoms with Crippen LogP contribution < -0.4 is 16.0 Å². The van der Waals surface area contributed by atoms with Gasteiger partial charge in [0.05, 0.1) is 11.6 Å². The van der Waals surface area contributed by atoms with Crippen LogP contribution in [0.2, 0.25) is 0 Å². The maximum absolute atomic E-state index is 11.8. The molecule has 1 rings (SSSR count). The molecule has 0 aromatic rings. The molecule has 1 fully saturated rings. The van der Waals surface area contributed by atoms with E-state index in [2.05, 4.69) is 16.0 Å². The number of nitrogens with one attached hydrogen (secondary N) is 3. The second-order valence-corrected chi connectivity index (χ2v) is 4.62. The molecule has 94 valence electrons. The smallest absolute Gasteiger partial charge is 0.238 e. The van der Waals surface area contributed by atoms with Gasteiger partial charge in [-0.1, -0.05) is 0 Å². The fourth-order valence-corrected chi connectivity index (χ4v) is 1.70. The first-order chi connectivity index (χ1) is 7.55. The molecule has 0 bridgehead atoms. The summed E-state index contributed by atoms with van der Waals surface area (Å²) in [4.78, 5) is 11.8. The lowest BCUT2D eigenvalue weighted by Gasteiger charge is -2.28. The zero-order valence-corrected chi connectivity index (χ0v) is 10.4. The highest BCUT2D eigenvalue weighted by Crippen LogP contribution is 2.06. The number of carbonyl (C=O) groups excluding carboxylic acids is 1. The third-order valence-corrected chi connectivity index (χ3v) is 2.58. The third kappa shape index (κ3) is 4.47. The van der Waals surface area contributed by atoms with Crippen LogP contribution in [0.3, 0.4) is 0 Å². The number of piperazine rings is 1. The molecule has 5 nitrogen and oxygen atoms in total. The molecule has 1 saturated heterocycles. The highest BCUT2D eigenvalue weighted by atomic mass is 16.5. The van der Waals surface area contributed by atoms with Crippen molar-refractivity contribution in [3.8, 4) is 0 Å². The Morgan fingerprint density at radius 3 is 2.81 bits per heavy atom. The summed E-state index contributed by atoms with van der Waals surface area (Å²) in [6.07, 6.45) is 0. The molecular weight excluding hydrogens is 206 g/mol. The van der Waals surface area contributed by atoms with Crippen LogP contribution in [0, 0.1) is 0 Å². The van der Waals surface area contributed by atoms with Crippen molar-refractivity contribution in [1.29, 1.82) is 0 Å². The fraction of sp³-hybridized carbons (Fsp3) is 0.909. The van der Waals surface area contributed by atoms with E-state index in [0.29, 0.717) is 19.7 Å². The van der Waals surface area contributed by atoms with E-state index in [0.717, 1.165) is 13.1 Å². The summed E-state index contributed by atoms with van der Waals surface area (Å²) >= 11 is 0. The molecule has 3 N–H and O–H groups in total. The molecule has 1 unspecified atom stereocenters.